The van der Waals surface area contributed by atoms with Crippen LogP contribution in [0, 0.1) is 13.8 Å². The molecule has 92 valence electrons. The zero-order chi connectivity index (χ0) is 13.1. The van der Waals surface area contributed by atoms with Crippen molar-refractivity contribution in [1.29, 1.82) is 0 Å². The summed E-state index contributed by atoms with van der Waals surface area (Å²) in [6, 6.07) is 13.8. The molecule has 0 atom stereocenters. The van der Waals surface area contributed by atoms with Gasteiger partial charge in [-0.05, 0) is 49.6 Å². The van der Waals surface area contributed by atoms with Crippen LogP contribution in [0.15, 0.2) is 42.5 Å². The Kier molecular flexibility index (Phi) is 3.52. The van der Waals surface area contributed by atoms with Gasteiger partial charge in [0.05, 0.1) is 0 Å². The second-order valence-electron chi connectivity index (χ2n) is 4.80. The summed E-state index contributed by atoms with van der Waals surface area (Å²) in [6.07, 6.45) is 2.17. The van der Waals surface area contributed by atoms with Gasteiger partial charge < -0.3 is 5.11 Å². The molecule has 0 fully saturated rings. The normalized spacial score (nSPS) is 11.6. The minimum Gasteiger partial charge on any atom is -0.508 e. The molecule has 0 aliphatic rings. The molecule has 2 aromatic rings. The molecule has 18 heavy (non-hydrogen) atoms. The summed E-state index contributed by atoms with van der Waals surface area (Å²) >= 11 is 0. The Hall–Kier alpha value is -2.02. The number of phenols is 1. The molecule has 0 heterocycles. The van der Waals surface area contributed by atoms with E-state index in [0.717, 1.165) is 5.56 Å². The van der Waals surface area contributed by atoms with Crippen molar-refractivity contribution < 1.29 is 5.11 Å². The zero-order valence-electron chi connectivity index (χ0n) is 11.1. The Morgan fingerprint density at radius 3 is 2.06 bits per heavy atom. The molecule has 2 aromatic carbocycles. The molecule has 1 heteroatoms. The topological polar surface area (TPSA) is 20.2 Å². The van der Waals surface area contributed by atoms with E-state index in [4.69, 9.17) is 0 Å². The molecule has 1 N–H and O–H groups in total. The summed E-state index contributed by atoms with van der Waals surface area (Å²) in [6.45, 7) is 6.31. The Morgan fingerprint density at radius 2 is 1.50 bits per heavy atom. The molecule has 0 bridgehead atoms. The lowest BCUT2D eigenvalue weighted by Gasteiger charge is -2.04. The first kappa shape index (κ1) is 12.4. The van der Waals surface area contributed by atoms with Gasteiger partial charge in [-0.25, -0.2) is 0 Å². The van der Waals surface area contributed by atoms with Crippen LogP contribution in [-0.2, 0) is 0 Å². The van der Waals surface area contributed by atoms with Crippen LogP contribution in [0.25, 0.3) is 11.6 Å². The fraction of sp³-hybridized carbons (Fsp3) is 0.176. The summed E-state index contributed by atoms with van der Waals surface area (Å²) in [5, 5.41) is 9.28. The van der Waals surface area contributed by atoms with Crippen molar-refractivity contribution in [2.24, 2.45) is 0 Å². The minimum absolute atomic E-state index is 0.304. The van der Waals surface area contributed by atoms with Gasteiger partial charge in [-0.2, -0.15) is 0 Å². The number of phenolic OH excluding ortho intramolecular Hbond substituents is 1. The minimum atomic E-state index is 0.304. The maximum absolute atomic E-state index is 9.28. The lowest BCUT2D eigenvalue weighted by atomic mass is 10.0. The van der Waals surface area contributed by atoms with Crippen molar-refractivity contribution in [3.8, 4) is 5.75 Å². The SMILES string of the molecule is C/C(=C/c1cc(C)cc(C)c1)c1ccc(O)cc1. The molecular weight excluding hydrogens is 220 g/mol. The third-order valence-corrected chi connectivity index (χ3v) is 2.95. The van der Waals surface area contributed by atoms with Crippen LogP contribution in [0.2, 0.25) is 0 Å². The summed E-state index contributed by atoms with van der Waals surface area (Å²) < 4.78 is 0. The predicted octanol–water partition coefficient (Wildman–Crippen LogP) is 4.57. The van der Waals surface area contributed by atoms with E-state index in [1.807, 2.05) is 12.1 Å². The standard InChI is InChI=1S/C17H18O/c1-12-8-13(2)10-15(9-12)11-14(3)16-4-6-17(18)7-5-16/h4-11,18H,1-3H3/b14-11-. The monoisotopic (exact) mass is 238 g/mol. The Bertz CT molecular complexity index is 557. The number of allylic oxidation sites excluding steroid dienone is 1. The number of aryl methyl sites for hydroxylation is 2. The first-order valence-electron chi connectivity index (χ1n) is 6.10. The van der Waals surface area contributed by atoms with Crippen LogP contribution >= 0.6 is 0 Å². The highest BCUT2D eigenvalue weighted by Gasteiger charge is 1.98. The third kappa shape index (κ3) is 3.01. The molecule has 0 aromatic heterocycles. The van der Waals surface area contributed by atoms with E-state index in [0.29, 0.717) is 5.75 Å². The highest BCUT2D eigenvalue weighted by molar-refractivity contribution is 5.80. The fourth-order valence-electron chi connectivity index (χ4n) is 2.15. The van der Waals surface area contributed by atoms with E-state index in [2.05, 4.69) is 45.0 Å². The molecular formula is C17H18O. The number of hydrogen-bond acceptors (Lipinski definition) is 1. The summed E-state index contributed by atoms with van der Waals surface area (Å²) in [4.78, 5) is 0. The molecule has 0 saturated carbocycles. The molecule has 0 aliphatic heterocycles. The van der Waals surface area contributed by atoms with Gasteiger partial charge in [0.2, 0.25) is 0 Å². The van der Waals surface area contributed by atoms with E-state index in [1.54, 1.807) is 12.1 Å². The van der Waals surface area contributed by atoms with Gasteiger partial charge >= 0.3 is 0 Å². The van der Waals surface area contributed by atoms with Gasteiger partial charge in [0.25, 0.3) is 0 Å². The van der Waals surface area contributed by atoms with Crippen molar-refractivity contribution in [2.45, 2.75) is 20.8 Å². The average molecular weight is 238 g/mol. The molecule has 0 unspecified atom stereocenters. The van der Waals surface area contributed by atoms with Crippen LogP contribution in [0.3, 0.4) is 0 Å². The number of benzene rings is 2. The van der Waals surface area contributed by atoms with Crippen molar-refractivity contribution >= 4 is 11.6 Å². The molecule has 2 rings (SSSR count). The van der Waals surface area contributed by atoms with Crippen LogP contribution in [0.4, 0.5) is 0 Å². The van der Waals surface area contributed by atoms with Crippen LogP contribution in [0.1, 0.15) is 29.2 Å². The van der Waals surface area contributed by atoms with Crippen molar-refractivity contribution in [2.75, 3.05) is 0 Å². The van der Waals surface area contributed by atoms with E-state index in [-0.39, 0.29) is 0 Å². The first-order chi connectivity index (χ1) is 8.54. The largest absolute Gasteiger partial charge is 0.508 e. The maximum atomic E-state index is 9.28. The van der Waals surface area contributed by atoms with Crippen LogP contribution in [0.5, 0.6) is 5.75 Å². The van der Waals surface area contributed by atoms with Gasteiger partial charge in [-0.3, -0.25) is 0 Å². The number of aromatic hydroxyl groups is 1. The quantitative estimate of drug-likeness (QED) is 0.760. The summed E-state index contributed by atoms with van der Waals surface area (Å²) in [5.74, 6) is 0.304. The lowest BCUT2D eigenvalue weighted by molar-refractivity contribution is 0.475. The van der Waals surface area contributed by atoms with E-state index >= 15 is 0 Å². The predicted molar refractivity (Wildman–Crippen MR) is 77.6 cm³/mol. The second kappa shape index (κ2) is 5.09. The Labute approximate surface area is 108 Å². The summed E-state index contributed by atoms with van der Waals surface area (Å²) in [5.41, 5.74) is 6.10. The number of rotatable bonds is 2. The Balaban J connectivity index is 2.35. The van der Waals surface area contributed by atoms with E-state index < -0.39 is 0 Å². The Morgan fingerprint density at radius 1 is 0.944 bits per heavy atom. The number of hydrogen-bond donors (Lipinski definition) is 1. The van der Waals surface area contributed by atoms with Gasteiger partial charge in [0.1, 0.15) is 5.75 Å². The van der Waals surface area contributed by atoms with Gasteiger partial charge in [0.15, 0.2) is 0 Å². The average Bonchev–Trinajstić information content (AvgIpc) is 2.28. The molecule has 0 aliphatic carbocycles. The maximum Gasteiger partial charge on any atom is 0.115 e. The van der Waals surface area contributed by atoms with Crippen molar-refractivity contribution in [1.82, 2.24) is 0 Å². The molecule has 0 radical (unpaired) electrons. The molecule has 1 nitrogen and oxygen atoms in total. The van der Waals surface area contributed by atoms with Gasteiger partial charge in [0, 0.05) is 0 Å². The smallest absolute Gasteiger partial charge is 0.115 e. The van der Waals surface area contributed by atoms with Crippen LogP contribution in [-0.4, -0.2) is 5.11 Å². The van der Waals surface area contributed by atoms with Crippen molar-refractivity contribution in [3.05, 3.63) is 64.7 Å². The summed E-state index contributed by atoms with van der Waals surface area (Å²) in [7, 11) is 0. The second-order valence-corrected chi connectivity index (χ2v) is 4.80. The highest BCUT2D eigenvalue weighted by Crippen LogP contribution is 2.21. The molecule has 0 saturated heterocycles. The zero-order valence-corrected chi connectivity index (χ0v) is 11.1. The first-order valence-corrected chi connectivity index (χ1v) is 6.10. The lowest BCUT2D eigenvalue weighted by Crippen LogP contribution is -1.83. The van der Waals surface area contributed by atoms with Crippen molar-refractivity contribution in [3.63, 3.8) is 0 Å². The van der Waals surface area contributed by atoms with E-state index in [9.17, 15) is 5.11 Å². The molecule has 0 amide bonds. The third-order valence-electron chi connectivity index (χ3n) is 2.95. The van der Waals surface area contributed by atoms with Crippen LogP contribution < -0.4 is 0 Å². The highest BCUT2D eigenvalue weighted by atomic mass is 16.3. The fourth-order valence-corrected chi connectivity index (χ4v) is 2.15. The molecule has 0 spiro atoms. The van der Waals surface area contributed by atoms with Gasteiger partial charge in [-0.1, -0.05) is 47.5 Å². The van der Waals surface area contributed by atoms with E-state index in [1.165, 1.54) is 22.3 Å². The van der Waals surface area contributed by atoms with Gasteiger partial charge in [-0.15, -0.1) is 0 Å².